The van der Waals surface area contributed by atoms with E-state index in [1.807, 2.05) is 27.7 Å². The van der Waals surface area contributed by atoms with Crippen LogP contribution in [0.15, 0.2) is 12.4 Å². The van der Waals surface area contributed by atoms with Gasteiger partial charge in [-0.1, -0.05) is 0 Å². The van der Waals surface area contributed by atoms with E-state index >= 15 is 0 Å². The topological polar surface area (TPSA) is 57.7 Å². The molecular weight excluding hydrogens is 257 g/mol. The Kier molecular flexibility index (Phi) is 3.01. The van der Waals surface area contributed by atoms with Crippen molar-refractivity contribution in [3.63, 3.8) is 0 Å². The van der Waals surface area contributed by atoms with Gasteiger partial charge in [-0.2, -0.15) is 0 Å². The fourth-order valence-corrected chi connectivity index (χ4v) is 2.40. The Balaban J connectivity index is 2.01. The van der Waals surface area contributed by atoms with Crippen LogP contribution in [-0.2, 0) is 20.7 Å². The minimum Gasteiger partial charge on any atom is -0.399 e. The molecule has 0 aromatic carbocycles. The Bertz CT molecular complexity index is 554. The lowest BCUT2D eigenvalue weighted by Gasteiger charge is -2.32. The van der Waals surface area contributed by atoms with Gasteiger partial charge in [0.15, 0.2) is 5.78 Å². The van der Waals surface area contributed by atoms with E-state index < -0.39 is 18.3 Å². The number of fused-ring (bicyclic) bond motifs is 1. The summed E-state index contributed by atoms with van der Waals surface area (Å²) in [7, 11) is -0.517. The molecule has 0 atom stereocenters. The molecule has 3 rings (SSSR count). The Hall–Kier alpha value is -1.24. The number of aromatic nitrogens is 1. The van der Waals surface area contributed by atoms with Crippen molar-refractivity contribution in [1.29, 1.82) is 0 Å². The number of hydrogen-bond donors (Lipinski definition) is 0. The summed E-state index contributed by atoms with van der Waals surface area (Å²) in [6, 6.07) is 0. The van der Waals surface area contributed by atoms with Crippen molar-refractivity contribution < 1.29 is 18.8 Å². The van der Waals surface area contributed by atoms with E-state index in [2.05, 4.69) is 4.98 Å². The molecule has 0 aliphatic carbocycles. The van der Waals surface area contributed by atoms with E-state index in [1.165, 1.54) is 0 Å². The van der Waals surface area contributed by atoms with Crippen molar-refractivity contribution in [3.05, 3.63) is 23.5 Å². The van der Waals surface area contributed by atoms with Crippen LogP contribution in [-0.4, -0.2) is 35.7 Å². The zero-order valence-corrected chi connectivity index (χ0v) is 12.2. The number of ether oxygens (including phenoxy) is 1. The molecule has 1 aromatic heterocycles. The monoisotopic (exact) mass is 275 g/mol. The molecule has 1 aromatic rings. The van der Waals surface area contributed by atoms with Crippen molar-refractivity contribution in [3.8, 4) is 0 Å². The van der Waals surface area contributed by atoms with Gasteiger partial charge >= 0.3 is 7.12 Å². The van der Waals surface area contributed by atoms with Gasteiger partial charge in [0.05, 0.1) is 17.8 Å². The van der Waals surface area contributed by atoms with Gasteiger partial charge in [0.25, 0.3) is 0 Å². The van der Waals surface area contributed by atoms with Crippen molar-refractivity contribution in [1.82, 2.24) is 4.98 Å². The van der Waals surface area contributed by atoms with Gasteiger partial charge in [-0.05, 0) is 33.3 Å². The molecule has 0 radical (unpaired) electrons. The second-order valence-corrected chi connectivity index (χ2v) is 6.26. The minimum absolute atomic E-state index is 0.0443. The molecule has 5 nitrogen and oxygen atoms in total. The maximum Gasteiger partial charge on any atom is 0.496 e. The van der Waals surface area contributed by atoms with Crippen LogP contribution in [0.4, 0.5) is 0 Å². The third kappa shape index (κ3) is 1.99. The highest BCUT2D eigenvalue weighted by molar-refractivity contribution is 6.62. The SMILES string of the molecule is CC1(C)OB(c2cncc3c2COCC3=O)OC1(C)C. The number of pyridine rings is 1. The van der Waals surface area contributed by atoms with Crippen molar-refractivity contribution in [2.75, 3.05) is 6.61 Å². The van der Waals surface area contributed by atoms with E-state index in [0.717, 1.165) is 11.0 Å². The molecule has 3 heterocycles. The van der Waals surface area contributed by atoms with Crippen molar-refractivity contribution >= 4 is 18.4 Å². The molecule has 0 N–H and O–H groups in total. The molecule has 0 amide bonds. The first kappa shape index (κ1) is 13.7. The summed E-state index contributed by atoms with van der Waals surface area (Å²) in [6.07, 6.45) is 3.29. The zero-order valence-electron chi connectivity index (χ0n) is 12.2. The lowest BCUT2D eigenvalue weighted by molar-refractivity contribution is 0.00578. The third-order valence-electron chi connectivity index (χ3n) is 4.38. The maximum atomic E-state index is 11.9. The summed E-state index contributed by atoms with van der Waals surface area (Å²) >= 11 is 0. The molecule has 0 bridgehead atoms. The van der Waals surface area contributed by atoms with Crippen molar-refractivity contribution in [2.45, 2.75) is 45.5 Å². The number of rotatable bonds is 1. The molecule has 1 saturated heterocycles. The van der Waals surface area contributed by atoms with E-state index in [-0.39, 0.29) is 12.4 Å². The molecule has 2 aliphatic heterocycles. The van der Waals surface area contributed by atoms with Gasteiger partial charge in [-0.3, -0.25) is 9.78 Å². The quantitative estimate of drug-likeness (QED) is 0.718. The summed E-state index contributed by atoms with van der Waals surface area (Å²) in [6.45, 7) is 8.49. The summed E-state index contributed by atoms with van der Waals surface area (Å²) in [5.74, 6) is -0.0443. The van der Waals surface area contributed by atoms with Crippen LogP contribution >= 0.6 is 0 Å². The van der Waals surface area contributed by atoms with Gasteiger partial charge < -0.3 is 14.0 Å². The number of hydrogen-bond acceptors (Lipinski definition) is 5. The molecular formula is C14H18BNO4. The average molecular weight is 275 g/mol. The van der Waals surface area contributed by atoms with Gasteiger partial charge in [-0.25, -0.2) is 0 Å². The molecule has 6 heteroatoms. The summed E-state index contributed by atoms with van der Waals surface area (Å²) in [5.41, 5.74) is 1.40. The highest BCUT2D eigenvalue weighted by Gasteiger charge is 2.52. The fourth-order valence-electron chi connectivity index (χ4n) is 2.40. The first-order chi connectivity index (χ1) is 9.32. The molecule has 1 fully saturated rings. The zero-order chi connectivity index (χ0) is 14.5. The molecule has 2 aliphatic rings. The van der Waals surface area contributed by atoms with Crippen LogP contribution in [0.1, 0.15) is 43.6 Å². The highest BCUT2D eigenvalue weighted by atomic mass is 16.7. The number of ketones is 1. The van der Waals surface area contributed by atoms with Gasteiger partial charge in [-0.15, -0.1) is 0 Å². The second-order valence-electron chi connectivity index (χ2n) is 6.26. The lowest BCUT2D eigenvalue weighted by Crippen LogP contribution is -2.41. The first-order valence-electron chi connectivity index (χ1n) is 6.75. The molecule has 0 spiro atoms. The van der Waals surface area contributed by atoms with Crippen LogP contribution in [0.5, 0.6) is 0 Å². The van der Waals surface area contributed by atoms with Gasteiger partial charge in [0.2, 0.25) is 0 Å². The number of carbonyl (C=O) groups is 1. The molecule has 20 heavy (non-hydrogen) atoms. The van der Waals surface area contributed by atoms with Crippen LogP contribution in [0.25, 0.3) is 0 Å². The van der Waals surface area contributed by atoms with E-state index in [9.17, 15) is 4.79 Å². The van der Waals surface area contributed by atoms with Crippen LogP contribution < -0.4 is 5.46 Å². The normalized spacial score (nSPS) is 23.8. The van der Waals surface area contributed by atoms with Crippen LogP contribution in [0.3, 0.4) is 0 Å². The van der Waals surface area contributed by atoms with Crippen molar-refractivity contribution in [2.24, 2.45) is 0 Å². The first-order valence-corrected chi connectivity index (χ1v) is 6.75. The smallest absolute Gasteiger partial charge is 0.399 e. The molecule has 0 unspecified atom stereocenters. The van der Waals surface area contributed by atoms with E-state index in [4.69, 9.17) is 14.0 Å². The minimum atomic E-state index is -0.517. The predicted octanol–water partition coefficient (Wildman–Crippen LogP) is 1.09. The van der Waals surface area contributed by atoms with Crippen LogP contribution in [0, 0.1) is 0 Å². The Morgan fingerprint density at radius 3 is 2.40 bits per heavy atom. The second kappa shape index (κ2) is 4.38. The number of Topliss-reactive ketones (excluding diaryl/α,β-unsaturated/α-hetero) is 1. The highest BCUT2D eigenvalue weighted by Crippen LogP contribution is 2.36. The van der Waals surface area contributed by atoms with Gasteiger partial charge in [0, 0.05) is 23.4 Å². The average Bonchev–Trinajstić information content (AvgIpc) is 2.58. The number of carbonyl (C=O) groups excluding carboxylic acids is 1. The Labute approximate surface area is 118 Å². The third-order valence-corrected chi connectivity index (χ3v) is 4.38. The van der Waals surface area contributed by atoms with E-state index in [1.54, 1.807) is 12.4 Å². The van der Waals surface area contributed by atoms with Gasteiger partial charge in [0.1, 0.15) is 6.61 Å². The van der Waals surface area contributed by atoms with Crippen LogP contribution in [0.2, 0.25) is 0 Å². The Morgan fingerprint density at radius 1 is 1.10 bits per heavy atom. The summed E-state index contributed by atoms with van der Waals surface area (Å²) < 4.78 is 17.4. The lowest BCUT2D eigenvalue weighted by atomic mass is 9.75. The molecule has 106 valence electrons. The summed E-state index contributed by atoms with van der Waals surface area (Å²) in [5, 5.41) is 0. The molecule has 0 saturated carbocycles. The largest absolute Gasteiger partial charge is 0.496 e. The number of nitrogens with zero attached hydrogens (tertiary/aromatic N) is 1. The predicted molar refractivity (Wildman–Crippen MR) is 73.9 cm³/mol. The Morgan fingerprint density at radius 2 is 1.75 bits per heavy atom. The van der Waals surface area contributed by atoms with E-state index in [0.29, 0.717) is 12.2 Å². The standard InChI is InChI=1S/C14H18BNO4/c1-13(2)14(3,4)20-15(19-13)11-6-16-5-9-10(11)7-18-8-12(9)17/h5-6H,7-8H2,1-4H3. The fraction of sp³-hybridized carbons (Fsp3) is 0.571. The maximum absolute atomic E-state index is 11.9. The summed E-state index contributed by atoms with van der Waals surface area (Å²) in [4.78, 5) is 16.0.